The molecule has 1 saturated heterocycles. The fraction of sp³-hybridized carbons (Fsp3) is 0.412. The second-order valence-electron chi connectivity index (χ2n) is 6.63. The van der Waals surface area contributed by atoms with Gasteiger partial charge in [0, 0.05) is 50.9 Å². The molecule has 8 nitrogen and oxygen atoms in total. The molecule has 0 aliphatic carbocycles. The number of non-ortho nitro benzene ring substituents is 1. The Bertz CT molecular complexity index is 853. The summed E-state index contributed by atoms with van der Waals surface area (Å²) < 4.78 is 1.74. The number of nitrogens with zero attached hydrogens (tertiary/aromatic N) is 4. The number of nitro groups is 1. The van der Waals surface area contributed by atoms with Crippen LogP contribution in [0.15, 0.2) is 30.6 Å². The Labute approximate surface area is 156 Å². The topological polar surface area (TPSA) is 93.3 Å². The SMILES string of the molecule is Cl.Cn1cc([C@H]2CNC[C@@H]2C(=O)N2CCc3ccc([N+](=O)[O-])cc32)cn1. The van der Waals surface area contributed by atoms with Gasteiger partial charge in [0.15, 0.2) is 0 Å². The number of hydrogen-bond donors (Lipinski definition) is 1. The van der Waals surface area contributed by atoms with Crippen molar-refractivity contribution in [2.24, 2.45) is 13.0 Å². The lowest BCUT2D eigenvalue weighted by molar-refractivity contribution is -0.384. The van der Waals surface area contributed by atoms with Crippen molar-refractivity contribution in [1.82, 2.24) is 15.1 Å². The number of hydrogen-bond acceptors (Lipinski definition) is 5. The van der Waals surface area contributed by atoms with Gasteiger partial charge in [-0.1, -0.05) is 6.07 Å². The fourth-order valence-corrected chi connectivity index (χ4v) is 3.83. The molecule has 1 amide bonds. The molecule has 4 rings (SSSR count). The molecule has 138 valence electrons. The number of nitro benzene ring substituents is 1. The number of benzene rings is 1. The summed E-state index contributed by atoms with van der Waals surface area (Å²) >= 11 is 0. The van der Waals surface area contributed by atoms with Crippen molar-refractivity contribution in [1.29, 1.82) is 0 Å². The lowest BCUT2D eigenvalue weighted by Gasteiger charge is -2.24. The smallest absolute Gasteiger partial charge is 0.271 e. The van der Waals surface area contributed by atoms with Crippen LogP contribution < -0.4 is 10.2 Å². The molecule has 3 heterocycles. The first-order chi connectivity index (χ1) is 12.0. The van der Waals surface area contributed by atoms with Gasteiger partial charge in [-0.15, -0.1) is 12.4 Å². The number of nitrogens with one attached hydrogen (secondary N) is 1. The van der Waals surface area contributed by atoms with Crippen LogP contribution in [-0.2, 0) is 18.3 Å². The van der Waals surface area contributed by atoms with Crippen molar-refractivity contribution in [2.45, 2.75) is 12.3 Å². The van der Waals surface area contributed by atoms with Crippen LogP contribution in [0.25, 0.3) is 0 Å². The Morgan fingerprint density at radius 1 is 1.38 bits per heavy atom. The van der Waals surface area contributed by atoms with E-state index >= 15 is 0 Å². The normalized spacial score (nSPS) is 21.3. The number of amides is 1. The molecule has 1 fully saturated rings. The molecular weight excluding hydrogens is 358 g/mol. The highest BCUT2D eigenvalue weighted by Gasteiger charge is 2.39. The van der Waals surface area contributed by atoms with Crippen LogP contribution in [0.3, 0.4) is 0 Å². The average Bonchev–Trinajstić information content (AvgIpc) is 3.32. The molecule has 1 N–H and O–H groups in total. The molecule has 9 heteroatoms. The summed E-state index contributed by atoms with van der Waals surface area (Å²) in [6.45, 7) is 1.92. The van der Waals surface area contributed by atoms with Crippen LogP contribution in [0, 0.1) is 16.0 Å². The van der Waals surface area contributed by atoms with Gasteiger partial charge in [0.05, 0.1) is 22.7 Å². The number of rotatable bonds is 3. The fourth-order valence-electron chi connectivity index (χ4n) is 3.83. The van der Waals surface area contributed by atoms with Gasteiger partial charge in [0.1, 0.15) is 0 Å². The van der Waals surface area contributed by atoms with E-state index in [0.717, 1.165) is 24.1 Å². The van der Waals surface area contributed by atoms with Gasteiger partial charge in [-0.3, -0.25) is 19.6 Å². The number of aryl methyl sites for hydroxylation is 1. The third-order valence-electron chi connectivity index (χ3n) is 5.13. The summed E-state index contributed by atoms with van der Waals surface area (Å²) in [6.07, 6.45) is 4.48. The first-order valence-electron chi connectivity index (χ1n) is 8.32. The minimum atomic E-state index is -0.420. The summed E-state index contributed by atoms with van der Waals surface area (Å²) in [6, 6.07) is 4.77. The molecule has 2 aromatic rings. The van der Waals surface area contributed by atoms with Crippen molar-refractivity contribution in [3.05, 3.63) is 51.8 Å². The molecule has 2 aliphatic heterocycles. The quantitative estimate of drug-likeness (QED) is 0.648. The zero-order valence-electron chi connectivity index (χ0n) is 14.3. The van der Waals surface area contributed by atoms with Crippen molar-refractivity contribution in [3.8, 4) is 0 Å². The highest BCUT2D eigenvalue weighted by atomic mass is 35.5. The minimum absolute atomic E-state index is 0. The lowest BCUT2D eigenvalue weighted by Crippen LogP contribution is -2.37. The van der Waals surface area contributed by atoms with Crippen LogP contribution >= 0.6 is 12.4 Å². The van der Waals surface area contributed by atoms with Gasteiger partial charge in [0.25, 0.3) is 5.69 Å². The maximum Gasteiger partial charge on any atom is 0.271 e. The maximum absolute atomic E-state index is 13.2. The number of carbonyl (C=O) groups excluding carboxylic acids is 1. The third kappa shape index (κ3) is 3.06. The van der Waals surface area contributed by atoms with E-state index in [1.807, 2.05) is 13.2 Å². The number of aromatic nitrogens is 2. The largest absolute Gasteiger partial charge is 0.315 e. The Kier molecular flexibility index (Phi) is 4.97. The molecule has 0 radical (unpaired) electrons. The van der Waals surface area contributed by atoms with E-state index in [9.17, 15) is 14.9 Å². The van der Waals surface area contributed by atoms with E-state index < -0.39 is 4.92 Å². The van der Waals surface area contributed by atoms with E-state index in [-0.39, 0.29) is 35.8 Å². The molecule has 1 aromatic carbocycles. The van der Waals surface area contributed by atoms with Gasteiger partial charge in [-0.25, -0.2) is 0 Å². The van der Waals surface area contributed by atoms with E-state index in [4.69, 9.17) is 0 Å². The van der Waals surface area contributed by atoms with Crippen molar-refractivity contribution in [3.63, 3.8) is 0 Å². The molecule has 1 aromatic heterocycles. The van der Waals surface area contributed by atoms with Crippen LogP contribution in [0.5, 0.6) is 0 Å². The summed E-state index contributed by atoms with van der Waals surface area (Å²) in [5.41, 5.74) is 2.73. The third-order valence-corrected chi connectivity index (χ3v) is 5.13. The predicted molar refractivity (Wildman–Crippen MR) is 98.7 cm³/mol. The summed E-state index contributed by atoms with van der Waals surface area (Å²) in [5, 5.41) is 18.6. The zero-order chi connectivity index (χ0) is 17.6. The molecule has 26 heavy (non-hydrogen) atoms. The van der Waals surface area contributed by atoms with Crippen molar-refractivity contribution < 1.29 is 9.72 Å². The van der Waals surface area contributed by atoms with Crippen LogP contribution in [0.2, 0.25) is 0 Å². The average molecular weight is 378 g/mol. The molecule has 0 bridgehead atoms. The number of anilines is 1. The summed E-state index contributed by atoms with van der Waals surface area (Å²) in [7, 11) is 1.86. The van der Waals surface area contributed by atoms with E-state index in [1.165, 1.54) is 12.1 Å². The first kappa shape index (κ1) is 18.3. The van der Waals surface area contributed by atoms with Crippen molar-refractivity contribution >= 4 is 29.7 Å². The molecule has 0 spiro atoms. The maximum atomic E-state index is 13.2. The summed E-state index contributed by atoms with van der Waals surface area (Å²) in [5.74, 6) is -0.0866. The number of halogens is 1. The number of carbonyl (C=O) groups is 1. The van der Waals surface area contributed by atoms with Gasteiger partial charge < -0.3 is 10.2 Å². The first-order valence-corrected chi connectivity index (χ1v) is 8.32. The van der Waals surface area contributed by atoms with Crippen LogP contribution in [0.4, 0.5) is 11.4 Å². The monoisotopic (exact) mass is 377 g/mol. The Hall–Kier alpha value is -2.45. The standard InChI is InChI=1S/C17H19N5O3.ClH/c1-20-10-12(7-19-20)14-8-18-9-15(14)17(23)21-5-4-11-2-3-13(22(24)25)6-16(11)21;/h2-3,6-7,10,14-15,18H,4-5,8-9H2,1H3;1H/t14-,15+;/m1./s1. The molecule has 0 unspecified atom stereocenters. The number of fused-ring (bicyclic) bond motifs is 1. The van der Waals surface area contributed by atoms with E-state index in [2.05, 4.69) is 10.4 Å². The van der Waals surface area contributed by atoms with E-state index in [0.29, 0.717) is 18.8 Å². The highest BCUT2D eigenvalue weighted by Crippen LogP contribution is 2.36. The van der Waals surface area contributed by atoms with Crippen molar-refractivity contribution in [2.75, 3.05) is 24.5 Å². The van der Waals surface area contributed by atoms with Gasteiger partial charge in [-0.05, 0) is 17.5 Å². The highest BCUT2D eigenvalue weighted by molar-refractivity contribution is 5.98. The predicted octanol–water partition coefficient (Wildman–Crippen LogP) is 1.64. The Morgan fingerprint density at radius 2 is 2.19 bits per heavy atom. The molecule has 2 aliphatic rings. The second-order valence-corrected chi connectivity index (χ2v) is 6.63. The van der Waals surface area contributed by atoms with E-state index in [1.54, 1.807) is 21.8 Å². The lowest BCUT2D eigenvalue weighted by atomic mass is 9.90. The second kappa shape index (κ2) is 7.05. The van der Waals surface area contributed by atoms with Gasteiger partial charge >= 0.3 is 0 Å². The summed E-state index contributed by atoms with van der Waals surface area (Å²) in [4.78, 5) is 25.5. The van der Waals surface area contributed by atoms with Crippen LogP contribution in [0.1, 0.15) is 17.0 Å². The molecule has 2 atom stereocenters. The minimum Gasteiger partial charge on any atom is -0.315 e. The van der Waals surface area contributed by atoms with Gasteiger partial charge in [-0.2, -0.15) is 5.10 Å². The Morgan fingerprint density at radius 3 is 2.88 bits per heavy atom. The molecular formula is C17H20ClN5O3. The Balaban J connectivity index is 0.00000196. The van der Waals surface area contributed by atoms with Crippen LogP contribution in [-0.4, -0.2) is 40.2 Å². The van der Waals surface area contributed by atoms with Gasteiger partial charge in [0.2, 0.25) is 5.91 Å². The molecule has 0 saturated carbocycles. The zero-order valence-corrected chi connectivity index (χ0v) is 15.1.